The van der Waals surface area contributed by atoms with Gasteiger partial charge in [-0.3, -0.25) is 0 Å². The Bertz CT molecular complexity index is 552. The maximum atomic E-state index is 5.59. The van der Waals surface area contributed by atoms with Crippen molar-refractivity contribution >= 4 is 0 Å². The van der Waals surface area contributed by atoms with Gasteiger partial charge >= 0.3 is 0 Å². The number of H-pyrrole nitrogens is 1. The van der Waals surface area contributed by atoms with Crippen LogP contribution < -0.4 is 10.1 Å². The Kier molecular flexibility index (Phi) is 5.02. The molecule has 2 rings (SSSR count). The first kappa shape index (κ1) is 15.6. The summed E-state index contributed by atoms with van der Waals surface area (Å²) in [5.74, 6) is 1.86. The molecular formula is C17H25N3O. The summed E-state index contributed by atoms with van der Waals surface area (Å²) in [5.41, 5.74) is 2.24. The van der Waals surface area contributed by atoms with E-state index in [0.29, 0.717) is 0 Å². The quantitative estimate of drug-likeness (QED) is 0.850. The topological polar surface area (TPSA) is 49.9 Å². The largest absolute Gasteiger partial charge is 0.494 e. The lowest BCUT2D eigenvalue weighted by molar-refractivity contribution is 0.317. The van der Waals surface area contributed by atoms with Crippen molar-refractivity contribution < 1.29 is 4.74 Å². The van der Waals surface area contributed by atoms with Gasteiger partial charge in [0.25, 0.3) is 0 Å². The van der Waals surface area contributed by atoms with Crippen LogP contribution in [0.1, 0.15) is 39.9 Å². The maximum absolute atomic E-state index is 5.59. The van der Waals surface area contributed by atoms with Crippen molar-refractivity contribution in [3.05, 3.63) is 36.3 Å². The molecule has 0 fully saturated rings. The molecule has 4 heteroatoms. The number of aromatic nitrogens is 2. The molecule has 1 aromatic heterocycles. The van der Waals surface area contributed by atoms with Crippen LogP contribution >= 0.6 is 0 Å². The van der Waals surface area contributed by atoms with E-state index in [1.165, 1.54) is 0 Å². The van der Waals surface area contributed by atoms with Crippen molar-refractivity contribution in [2.75, 3.05) is 6.61 Å². The van der Waals surface area contributed by atoms with Crippen molar-refractivity contribution in [2.45, 2.75) is 46.2 Å². The van der Waals surface area contributed by atoms with Crippen LogP contribution in [0.5, 0.6) is 5.75 Å². The summed E-state index contributed by atoms with van der Waals surface area (Å²) in [6.45, 7) is 10.0. The summed E-state index contributed by atoms with van der Waals surface area (Å²) >= 11 is 0. The fourth-order valence-electron chi connectivity index (χ4n) is 1.90. The molecule has 4 nitrogen and oxygen atoms in total. The predicted molar refractivity (Wildman–Crippen MR) is 86.4 cm³/mol. The fraction of sp³-hybridized carbons (Fsp3) is 0.471. The van der Waals surface area contributed by atoms with E-state index >= 15 is 0 Å². The average Bonchev–Trinajstić information content (AvgIpc) is 2.92. The highest BCUT2D eigenvalue weighted by Crippen LogP contribution is 2.21. The van der Waals surface area contributed by atoms with Crippen molar-refractivity contribution in [2.24, 2.45) is 0 Å². The third kappa shape index (κ3) is 4.90. The zero-order valence-electron chi connectivity index (χ0n) is 13.4. The van der Waals surface area contributed by atoms with Crippen LogP contribution in [0.15, 0.2) is 30.5 Å². The highest BCUT2D eigenvalue weighted by molar-refractivity contribution is 5.59. The number of aromatic amines is 1. The smallest absolute Gasteiger partial charge is 0.120 e. The predicted octanol–water partition coefficient (Wildman–Crippen LogP) is 3.75. The van der Waals surface area contributed by atoms with Crippen LogP contribution in [-0.2, 0) is 6.54 Å². The van der Waals surface area contributed by atoms with Crippen LogP contribution in [0.2, 0.25) is 0 Å². The van der Waals surface area contributed by atoms with Crippen molar-refractivity contribution in [1.29, 1.82) is 0 Å². The van der Waals surface area contributed by atoms with E-state index in [4.69, 9.17) is 4.74 Å². The molecule has 0 amide bonds. The van der Waals surface area contributed by atoms with E-state index in [2.05, 4.69) is 55.1 Å². The van der Waals surface area contributed by atoms with Crippen LogP contribution in [0.25, 0.3) is 11.3 Å². The number of benzene rings is 1. The lowest BCUT2D eigenvalue weighted by Crippen LogP contribution is -2.35. The van der Waals surface area contributed by atoms with Crippen LogP contribution in [-0.4, -0.2) is 22.1 Å². The summed E-state index contributed by atoms with van der Waals surface area (Å²) in [6.07, 6.45) is 2.90. The SMILES string of the molecule is CCCOc1ccc(-c2cnc(CNC(C)(C)C)[nH]2)cc1. The Morgan fingerprint density at radius 2 is 1.90 bits per heavy atom. The molecule has 0 saturated heterocycles. The standard InChI is InChI=1S/C17H25N3O/c1-5-10-21-14-8-6-13(7-9-14)15-11-18-16(20-15)12-19-17(2,3)4/h6-9,11,19H,5,10,12H2,1-4H3,(H,18,20). The molecule has 0 atom stereocenters. The number of nitrogens with one attached hydrogen (secondary N) is 2. The second kappa shape index (κ2) is 6.76. The van der Waals surface area contributed by atoms with E-state index in [9.17, 15) is 0 Å². The van der Waals surface area contributed by atoms with Crippen LogP contribution in [0, 0.1) is 0 Å². The summed E-state index contributed by atoms with van der Waals surface area (Å²) in [4.78, 5) is 7.77. The lowest BCUT2D eigenvalue weighted by Gasteiger charge is -2.19. The van der Waals surface area contributed by atoms with Gasteiger partial charge in [0.15, 0.2) is 0 Å². The maximum Gasteiger partial charge on any atom is 0.120 e. The lowest BCUT2D eigenvalue weighted by atomic mass is 10.1. The monoisotopic (exact) mass is 287 g/mol. The first-order chi connectivity index (χ1) is 9.98. The molecule has 2 N–H and O–H groups in total. The van der Waals surface area contributed by atoms with Crippen LogP contribution in [0.3, 0.4) is 0 Å². The number of imidazole rings is 1. The Labute approximate surface area is 127 Å². The number of hydrogen-bond donors (Lipinski definition) is 2. The Hall–Kier alpha value is -1.81. The zero-order chi connectivity index (χ0) is 15.3. The van der Waals surface area contributed by atoms with Crippen LogP contribution in [0.4, 0.5) is 0 Å². The van der Waals surface area contributed by atoms with E-state index in [0.717, 1.165) is 42.4 Å². The molecule has 21 heavy (non-hydrogen) atoms. The second-order valence-electron chi connectivity index (χ2n) is 6.22. The summed E-state index contributed by atoms with van der Waals surface area (Å²) in [7, 11) is 0. The minimum absolute atomic E-state index is 0.0885. The van der Waals surface area contributed by atoms with E-state index < -0.39 is 0 Å². The van der Waals surface area contributed by atoms with E-state index in [1.807, 2.05) is 18.3 Å². The van der Waals surface area contributed by atoms with Crippen molar-refractivity contribution in [3.8, 4) is 17.0 Å². The molecule has 1 aromatic carbocycles. The second-order valence-corrected chi connectivity index (χ2v) is 6.22. The van der Waals surface area contributed by atoms with Gasteiger partial charge in [-0.25, -0.2) is 4.98 Å². The number of nitrogens with zero attached hydrogens (tertiary/aromatic N) is 1. The first-order valence-corrected chi connectivity index (χ1v) is 7.50. The number of ether oxygens (including phenoxy) is 1. The Morgan fingerprint density at radius 1 is 1.19 bits per heavy atom. The molecule has 114 valence electrons. The summed E-state index contributed by atoms with van der Waals surface area (Å²) in [5, 5.41) is 3.42. The molecule has 0 unspecified atom stereocenters. The average molecular weight is 287 g/mol. The molecule has 0 aliphatic heterocycles. The Morgan fingerprint density at radius 3 is 2.52 bits per heavy atom. The molecule has 0 spiro atoms. The third-order valence-electron chi connectivity index (χ3n) is 3.05. The van der Waals surface area contributed by atoms with E-state index in [1.54, 1.807) is 0 Å². The van der Waals surface area contributed by atoms with Gasteiger partial charge in [-0.1, -0.05) is 6.92 Å². The highest BCUT2D eigenvalue weighted by Gasteiger charge is 2.10. The van der Waals surface area contributed by atoms with Gasteiger partial charge < -0.3 is 15.0 Å². The van der Waals surface area contributed by atoms with Gasteiger partial charge in [0.2, 0.25) is 0 Å². The molecule has 0 aliphatic rings. The van der Waals surface area contributed by atoms with Crippen molar-refractivity contribution in [1.82, 2.24) is 15.3 Å². The summed E-state index contributed by atoms with van der Waals surface area (Å²) < 4.78 is 5.59. The first-order valence-electron chi connectivity index (χ1n) is 7.50. The third-order valence-corrected chi connectivity index (χ3v) is 3.05. The van der Waals surface area contributed by atoms with Gasteiger partial charge in [0, 0.05) is 5.54 Å². The fourth-order valence-corrected chi connectivity index (χ4v) is 1.90. The Balaban J connectivity index is 2.00. The van der Waals surface area contributed by atoms with Crippen molar-refractivity contribution in [3.63, 3.8) is 0 Å². The van der Waals surface area contributed by atoms with Gasteiger partial charge in [-0.15, -0.1) is 0 Å². The van der Waals surface area contributed by atoms with Gasteiger partial charge in [-0.05, 0) is 57.0 Å². The summed E-state index contributed by atoms with van der Waals surface area (Å²) in [6, 6.07) is 8.11. The molecular weight excluding hydrogens is 262 g/mol. The molecule has 0 saturated carbocycles. The number of hydrogen-bond acceptors (Lipinski definition) is 3. The van der Waals surface area contributed by atoms with Gasteiger partial charge in [-0.2, -0.15) is 0 Å². The normalized spacial score (nSPS) is 11.6. The van der Waals surface area contributed by atoms with E-state index in [-0.39, 0.29) is 5.54 Å². The number of rotatable bonds is 6. The minimum atomic E-state index is 0.0885. The molecule has 2 aromatic rings. The minimum Gasteiger partial charge on any atom is -0.494 e. The zero-order valence-corrected chi connectivity index (χ0v) is 13.4. The van der Waals surface area contributed by atoms with Gasteiger partial charge in [0.1, 0.15) is 11.6 Å². The molecule has 0 radical (unpaired) electrons. The molecule has 0 aliphatic carbocycles. The molecule has 0 bridgehead atoms. The van der Waals surface area contributed by atoms with Gasteiger partial charge in [0.05, 0.1) is 25.0 Å². The molecule has 1 heterocycles. The highest BCUT2D eigenvalue weighted by atomic mass is 16.5.